The molecule has 28 heavy (non-hydrogen) atoms. The molecule has 3 rings (SSSR count). The van der Waals surface area contributed by atoms with Crippen molar-refractivity contribution in [2.24, 2.45) is 0 Å². The molecule has 0 N–H and O–H groups in total. The van der Waals surface area contributed by atoms with Gasteiger partial charge >= 0.3 is 0 Å². The molecule has 0 atom stereocenters. The van der Waals surface area contributed by atoms with Crippen LogP contribution >= 0.6 is 11.6 Å². The van der Waals surface area contributed by atoms with Crippen LogP contribution in [0.15, 0.2) is 65.3 Å². The Morgan fingerprint density at radius 2 is 1.46 bits per heavy atom. The van der Waals surface area contributed by atoms with Crippen LogP contribution in [0, 0.1) is 0 Å². The number of hydrogen-bond acceptors (Lipinski definition) is 4. The van der Waals surface area contributed by atoms with Crippen LogP contribution in [0.1, 0.15) is 34.6 Å². The van der Waals surface area contributed by atoms with Gasteiger partial charge in [0.2, 0.25) is 17.5 Å². The molecule has 2 aromatic rings. The molecular formula is C22H21ClN2O3. The Kier molecular flexibility index (Phi) is 5.95. The second kappa shape index (κ2) is 8.40. The number of Topliss-reactive ketones (excluding diaryl/α,β-unsaturated/α-hetero) is 2. The molecule has 0 saturated carbocycles. The van der Waals surface area contributed by atoms with Gasteiger partial charge in [-0.15, -0.1) is 0 Å². The molecule has 0 fully saturated rings. The molecular weight excluding hydrogens is 376 g/mol. The summed E-state index contributed by atoms with van der Waals surface area (Å²) in [7, 11) is 0. The van der Waals surface area contributed by atoms with Crippen LogP contribution in [0.4, 0.5) is 5.69 Å². The fourth-order valence-corrected chi connectivity index (χ4v) is 3.62. The lowest BCUT2D eigenvalue weighted by molar-refractivity contribution is -0.126. The molecule has 1 amide bonds. The standard InChI is InChI=1S/C22H21ClN2O3/c1-3-24(16-9-5-4-6-10-16)13-14-25(15(2)26)20-19(23)21(27)17-11-7-8-12-18(17)22(20)28/h4-12H,3,13-14H2,1-2H3. The highest BCUT2D eigenvalue weighted by Crippen LogP contribution is 2.30. The van der Waals surface area contributed by atoms with Gasteiger partial charge in [-0.2, -0.15) is 0 Å². The zero-order valence-electron chi connectivity index (χ0n) is 15.8. The molecule has 0 bridgehead atoms. The Labute approximate surface area is 169 Å². The number of allylic oxidation sites excluding steroid dienone is 2. The summed E-state index contributed by atoms with van der Waals surface area (Å²) in [6, 6.07) is 16.3. The van der Waals surface area contributed by atoms with Crippen LogP contribution in [-0.2, 0) is 4.79 Å². The largest absolute Gasteiger partial charge is 0.370 e. The van der Waals surface area contributed by atoms with Crippen molar-refractivity contribution in [1.29, 1.82) is 0 Å². The number of benzene rings is 2. The van der Waals surface area contributed by atoms with Gasteiger partial charge in [0.15, 0.2) is 0 Å². The van der Waals surface area contributed by atoms with Crippen LogP contribution in [0.3, 0.4) is 0 Å². The third-order valence-electron chi connectivity index (χ3n) is 4.79. The van der Waals surface area contributed by atoms with E-state index in [9.17, 15) is 14.4 Å². The highest BCUT2D eigenvalue weighted by Gasteiger charge is 2.35. The van der Waals surface area contributed by atoms with E-state index in [4.69, 9.17) is 11.6 Å². The number of halogens is 1. The van der Waals surface area contributed by atoms with Gasteiger partial charge in [-0.1, -0.05) is 54.1 Å². The number of carbonyl (C=O) groups is 3. The molecule has 0 spiro atoms. The highest BCUT2D eigenvalue weighted by molar-refractivity contribution is 6.50. The second-order valence-electron chi connectivity index (χ2n) is 6.45. The minimum absolute atomic E-state index is 0.0398. The molecule has 1 aliphatic carbocycles. The minimum Gasteiger partial charge on any atom is -0.370 e. The Morgan fingerprint density at radius 1 is 0.893 bits per heavy atom. The smallest absolute Gasteiger partial charge is 0.224 e. The van der Waals surface area contributed by atoms with Crippen LogP contribution in [0.25, 0.3) is 0 Å². The Bertz CT molecular complexity index is 953. The Morgan fingerprint density at radius 3 is 2.04 bits per heavy atom. The number of anilines is 1. The normalized spacial score (nSPS) is 13.4. The van der Waals surface area contributed by atoms with E-state index in [1.807, 2.05) is 37.3 Å². The fourth-order valence-electron chi connectivity index (χ4n) is 3.33. The molecule has 0 aliphatic heterocycles. The van der Waals surface area contributed by atoms with Crippen molar-refractivity contribution in [2.75, 3.05) is 24.5 Å². The van der Waals surface area contributed by atoms with Crippen molar-refractivity contribution in [3.63, 3.8) is 0 Å². The lowest BCUT2D eigenvalue weighted by atomic mass is 9.92. The number of hydrogen-bond donors (Lipinski definition) is 0. The summed E-state index contributed by atoms with van der Waals surface area (Å²) in [5.41, 5.74) is 1.52. The van der Waals surface area contributed by atoms with Gasteiger partial charge in [-0.05, 0) is 19.1 Å². The van der Waals surface area contributed by atoms with E-state index in [0.29, 0.717) is 6.54 Å². The molecule has 0 aromatic heterocycles. The summed E-state index contributed by atoms with van der Waals surface area (Å²) in [5.74, 6) is -1.18. The third kappa shape index (κ3) is 3.71. The quantitative estimate of drug-likeness (QED) is 0.743. The third-order valence-corrected chi connectivity index (χ3v) is 5.14. The number of rotatable bonds is 6. The van der Waals surface area contributed by atoms with Gasteiger partial charge in [0.25, 0.3) is 0 Å². The van der Waals surface area contributed by atoms with Crippen molar-refractivity contribution in [2.45, 2.75) is 13.8 Å². The highest BCUT2D eigenvalue weighted by atomic mass is 35.5. The average molecular weight is 397 g/mol. The van der Waals surface area contributed by atoms with E-state index >= 15 is 0 Å². The lowest BCUT2D eigenvalue weighted by Crippen LogP contribution is -2.41. The van der Waals surface area contributed by atoms with Gasteiger partial charge in [-0.3, -0.25) is 14.4 Å². The van der Waals surface area contributed by atoms with Crippen LogP contribution in [-0.4, -0.2) is 42.0 Å². The topological polar surface area (TPSA) is 57.7 Å². The summed E-state index contributed by atoms with van der Waals surface area (Å²) in [6.45, 7) is 4.86. The van der Waals surface area contributed by atoms with Gasteiger partial charge in [0.1, 0.15) is 10.7 Å². The summed E-state index contributed by atoms with van der Waals surface area (Å²) < 4.78 is 0. The van der Waals surface area contributed by atoms with Crippen molar-refractivity contribution in [3.05, 3.63) is 76.5 Å². The Balaban J connectivity index is 1.90. The monoisotopic (exact) mass is 396 g/mol. The fraction of sp³-hybridized carbons (Fsp3) is 0.227. The molecule has 0 unspecified atom stereocenters. The zero-order valence-corrected chi connectivity index (χ0v) is 16.6. The van der Waals surface area contributed by atoms with E-state index in [0.717, 1.165) is 12.2 Å². The first-order chi connectivity index (χ1) is 13.5. The van der Waals surface area contributed by atoms with E-state index < -0.39 is 11.6 Å². The summed E-state index contributed by atoms with van der Waals surface area (Å²) in [5, 5.41) is -0.207. The lowest BCUT2D eigenvalue weighted by Gasteiger charge is -2.30. The van der Waals surface area contributed by atoms with Crippen molar-refractivity contribution < 1.29 is 14.4 Å². The van der Waals surface area contributed by atoms with Crippen LogP contribution < -0.4 is 4.90 Å². The van der Waals surface area contributed by atoms with E-state index in [1.54, 1.807) is 24.3 Å². The number of amides is 1. The number of likely N-dealkylation sites (N-methyl/N-ethyl adjacent to an activating group) is 1. The maximum Gasteiger partial charge on any atom is 0.224 e. The molecule has 1 aliphatic rings. The molecule has 2 aromatic carbocycles. The van der Waals surface area contributed by atoms with E-state index in [-0.39, 0.29) is 34.3 Å². The SMILES string of the molecule is CCN(CCN(C(C)=O)C1=C(Cl)C(=O)c2ccccc2C1=O)c1ccccc1. The number of fused-ring (bicyclic) bond motifs is 1. The molecule has 6 heteroatoms. The Hall–Kier alpha value is -2.92. The van der Waals surface area contributed by atoms with Gasteiger partial charge < -0.3 is 9.80 Å². The summed E-state index contributed by atoms with van der Waals surface area (Å²) in [6.07, 6.45) is 0. The molecule has 0 radical (unpaired) electrons. The summed E-state index contributed by atoms with van der Waals surface area (Å²) in [4.78, 5) is 41.4. The molecule has 0 saturated heterocycles. The summed E-state index contributed by atoms with van der Waals surface area (Å²) >= 11 is 6.26. The first kappa shape index (κ1) is 19.8. The van der Waals surface area contributed by atoms with Crippen molar-refractivity contribution in [3.8, 4) is 0 Å². The second-order valence-corrected chi connectivity index (χ2v) is 6.83. The molecule has 5 nitrogen and oxygen atoms in total. The average Bonchev–Trinajstić information content (AvgIpc) is 2.71. The predicted molar refractivity (Wildman–Crippen MR) is 110 cm³/mol. The maximum absolute atomic E-state index is 13.0. The molecule has 0 heterocycles. The van der Waals surface area contributed by atoms with Crippen molar-refractivity contribution >= 4 is 34.8 Å². The van der Waals surface area contributed by atoms with Crippen LogP contribution in [0.2, 0.25) is 0 Å². The van der Waals surface area contributed by atoms with E-state index in [2.05, 4.69) is 4.90 Å². The first-order valence-electron chi connectivity index (χ1n) is 9.12. The van der Waals surface area contributed by atoms with Gasteiger partial charge in [0.05, 0.1) is 0 Å². The maximum atomic E-state index is 13.0. The number of ketones is 2. The number of carbonyl (C=O) groups excluding carboxylic acids is 3. The van der Waals surface area contributed by atoms with Crippen molar-refractivity contribution in [1.82, 2.24) is 4.90 Å². The van der Waals surface area contributed by atoms with Gasteiger partial charge in [0, 0.05) is 43.4 Å². The minimum atomic E-state index is -0.437. The number of para-hydroxylation sites is 1. The number of nitrogens with zero attached hydrogens (tertiary/aromatic N) is 2. The first-order valence-corrected chi connectivity index (χ1v) is 9.49. The zero-order chi connectivity index (χ0) is 20.3. The molecule has 144 valence electrons. The predicted octanol–water partition coefficient (Wildman–Crippen LogP) is 3.89. The van der Waals surface area contributed by atoms with Gasteiger partial charge in [-0.25, -0.2) is 0 Å². The van der Waals surface area contributed by atoms with E-state index in [1.165, 1.54) is 11.8 Å². The van der Waals surface area contributed by atoms with Crippen LogP contribution in [0.5, 0.6) is 0 Å².